The van der Waals surface area contributed by atoms with Gasteiger partial charge in [0.25, 0.3) is 5.91 Å². The van der Waals surface area contributed by atoms with Crippen molar-refractivity contribution in [2.75, 3.05) is 11.4 Å². The number of nitrogens with zero attached hydrogens (tertiary/aromatic N) is 2. The Balaban J connectivity index is 2.02. The summed E-state index contributed by atoms with van der Waals surface area (Å²) in [5.41, 5.74) is 1.52. The minimum absolute atomic E-state index is 0.283. The predicted octanol–water partition coefficient (Wildman–Crippen LogP) is 2.95. The maximum atomic E-state index is 13.7. The number of hydrogen-bond donors (Lipinski definition) is 0. The summed E-state index contributed by atoms with van der Waals surface area (Å²) in [5, 5.41) is 0. The molecule has 5 heteroatoms. The summed E-state index contributed by atoms with van der Waals surface area (Å²) in [6.45, 7) is 0.499. The van der Waals surface area contributed by atoms with Crippen LogP contribution in [0.25, 0.3) is 0 Å². The van der Waals surface area contributed by atoms with Crippen LogP contribution in [0.1, 0.15) is 22.3 Å². The van der Waals surface area contributed by atoms with Crippen molar-refractivity contribution in [2.45, 2.75) is 12.8 Å². The van der Waals surface area contributed by atoms with Crippen LogP contribution in [0.5, 0.6) is 0 Å². The first-order valence-corrected chi connectivity index (χ1v) is 6.38. The van der Waals surface area contributed by atoms with Gasteiger partial charge < -0.3 is 4.90 Å². The number of para-hydroxylation sites is 1. The summed E-state index contributed by atoms with van der Waals surface area (Å²) >= 11 is 0. The van der Waals surface area contributed by atoms with Gasteiger partial charge in [-0.15, -0.1) is 0 Å². The molecule has 1 aliphatic rings. The van der Waals surface area contributed by atoms with Crippen molar-refractivity contribution in [2.24, 2.45) is 0 Å². The van der Waals surface area contributed by atoms with Crippen molar-refractivity contribution in [1.29, 1.82) is 0 Å². The van der Waals surface area contributed by atoms with Gasteiger partial charge in [0.15, 0.2) is 5.82 Å². The molecule has 0 atom stereocenters. The molecule has 3 nitrogen and oxygen atoms in total. The van der Waals surface area contributed by atoms with Crippen LogP contribution in [0.4, 0.5) is 14.5 Å². The number of pyridine rings is 1. The highest BCUT2D eigenvalue weighted by atomic mass is 19.2. The Hall–Kier alpha value is -2.30. The summed E-state index contributed by atoms with van der Waals surface area (Å²) in [6.07, 6.45) is 2.78. The Morgan fingerprint density at radius 2 is 2.00 bits per heavy atom. The van der Waals surface area contributed by atoms with Crippen molar-refractivity contribution in [3.8, 4) is 0 Å². The maximum Gasteiger partial charge on any atom is 0.261 e. The third kappa shape index (κ3) is 2.05. The van der Waals surface area contributed by atoms with Crippen molar-refractivity contribution in [1.82, 2.24) is 4.98 Å². The molecule has 0 saturated carbocycles. The lowest BCUT2D eigenvalue weighted by Crippen LogP contribution is -2.36. The topological polar surface area (TPSA) is 33.2 Å². The molecule has 1 aromatic carbocycles. The molecule has 0 saturated heterocycles. The van der Waals surface area contributed by atoms with E-state index < -0.39 is 17.7 Å². The number of hydrogen-bond acceptors (Lipinski definition) is 2. The summed E-state index contributed by atoms with van der Waals surface area (Å²) in [6, 6.07) is 8.70. The quantitative estimate of drug-likeness (QED) is 0.749. The highest BCUT2D eigenvalue weighted by molar-refractivity contribution is 6.06. The highest BCUT2D eigenvalue weighted by Gasteiger charge is 2.26. The second-order valence-corrected chi connectivity index (χ2v) is 4.65. The van der Waals surface area contributed by atoms with Crippen LogP contribution in [0.3, 0.4) is 0 Å². The van der Waals surface area contributed by atoms with E-state index in [1.165, 1.54) is 11.0 Å². The highest BCUT2D eigenvalue weighted by Crippen LogP contribution is 2.28. The SMILES string of the molecule is O=C(c1ccnc(F)c1F)N1CCCc2ccccc21. The van der Waals surface area contributed by atoms with Gasteiger partial charge >= 0.3 is 0 Å². The van der Waals surface area contributed by atoms with Crippen LogP contribution in [-0.2, 0) is 6.42 Å². The number of carbonyl (C=O) groups is 1. The number of aromatic nitrogens is 1. The molecule has 2 heterocycles. The monoisotopic (exact) mass is 274 g/mol. The number of fused-ring (bicyclic) bond motifs is 1. The molecule has 1 aliphatic heterocycles. The number of benzene rings is 1. The fourth-order valence-electron chi connectivity index (χ4n) is 2.47. The Morgan fingerprint density at radius 3 is 2.85 bits per heavy atom. The summed E-state index contributed by atoms with van der Waals surface area (Å²) in [4.78, 5) is 17.1. The fourth-order valence-corrected chi connectivity index (χ4v) is 2.47. The molecule has 0 fully saturated rings. The van der Waals surface area contributed by atoms with E-state index in [0.29, 0.717) is 6.54 Å². The fraction of sp³-hybridized carbons (Fsp3) is 0.200. The Kier molecular flexibility index (Phi) is 3.18. The lowest BCUT2D eigenvalue weighted by Gasteiger charge is -2.29. The minimum Gasteiger partial charge on any atom is -0.308 e. The molecule has 0 unspecified atom stereocenters. The predicted molar refractivity (Wildman–Crippen MR) is 70.6 cm³/mol. The average Bonchev–Trinajstić information content (AvgIpc) is 2.49. The summed E-state index contributed by atoms with van der Waals surface area (Å²) < 4.78 is 26.8. The van der Waals surface area contributed by atoms with Gasteiger partial charge in [0.05, 0.1) is 5.56 Å². The Morgan fingerprint density at radius 1 is 1.20 bits per heavy atom. The first-order chi connectivity index (χ1) is 9.68. The summed E-state index contributed by atoms with van der Waals surface area (Å²) in [7, 11) is 0. The normalized spacial score (nSPS) is 14.0. The van der Waals surface area contributed by atoms with E-state index in [-0.39, 0.29) is 5.56 Å². The van der Waals surface area contributed by atoms with Crippen molar-refractivity contribution in [3.05, 3.63) is 59.4 Å². The molecule has 102 valence electrons. The average molecular weight is 274 g/mol. The molecule has 0 bridgehead atoms. The molecule has 1 amide bonds. The van der Waals surface area contributed by atoms with E-state index >= 15 is 0 Å². The van der Waals surface area contributed by atoms with Crippen LogP contribution in [-0.4, -0.2) is 17.4 Å². The van der Waals surface area contributed by atoms with Crippen LogP contribution in [0.15, 0.2) is 36.5 Å². The second-order valence-electron chi connectivity index (χ2n) is 4.65. The van der Waals surface area contributed by atoms with Gasteiger partial charge in [-0.05, 0) is 30.5 Å². The first kappa shape index (κ1) is 12.7. The largest absolute Gasteiger partial charge is 0.308 e. The van der Waals surface area contributed by atoms with Gasteiger partial charge in [0.2, 0.25) is 5.95 Å². The van der Waals surface area contributed by atoms with Crippen molar-refractivity contribution in [3.63, 3.8) is 0 Å². The van der Waals surface area contributed by atoms with Gasteiger partial charge in [-0.25, -0.2) is 9.37 Å². The molecule has 0 N–H and O–H groups in total. The number of amides is 1. The molecule has 0 spiro atoms. The zero-order chi connectivity index (χ0) is 14.1. The number of halogens is 2. The molecule has 0 aliphatic carbocycles. The smallest absolute Gasteiger partial charge is 0.261 e. The first-order valence-electron chi connectivity index (χ1n) is 6.38. The molecular formula is C15H12F2N2O. The molecular weight excluding hydrogens is 262 g/mol. The Bertz CT molecular complexity index is 673. The van der Waals surface area contributed by atoms with Gasteiger partial charge in [-0.1, -0.05) is 18.2 Å². The van der Waals surface area contributed by atoms with E-state index in [1.54, 1.807) is 0 Å². The van der Waals surface area contributed by atoms with E-state index in [1.807, 2.05) is 24.3 Å². The third-order valence-corrected chi connectivity index (χ3v) is 3.43. The van der Waals surface area contributed by atoms with E-state index in [0.717, 1.165) is 30.3 Å². The van der Waals surface area contributed by atoms with Gasteiger partial charge in [0.1, 0.15) is 0 Å². The van der Waals surface area contributed by atoms with Crippen LogP contribution < -0.4 is 4.90 Å². The lowest BCUT2D eigenvalue weighted by molar-refractivity contribution is 0.0980. The van der Waals surface area contributed by atoms with Gasteiger partial charge in [0, 0.05) is 18.4 Å². The van der Waals surface area contributed by atoms with Crippen molar-refractivity contribution >= 4 is 11.6 Å². The zero-order valence-corrected chi connectivity index (χ0v) is 10.6. The molecule has 0 radical (unpaired) electrons. The molecule has 20 heavy (non-hydrogen) atoms. The van der Waals surface area contributed by atoms with Crippen LogP contribution >= 0.6 is 0 Å². The zero-order valence-electron chi connectivity index (χ0n) is 10.6. The molecule has 3 rings (SSSR count). The minimum atomic E-state index is -1.25. The van der Waals surface area contributed by atoms with Crippen LogP contribution in [0.2, 0.25) is 0 Å². The third-order valence-electron chi connectivity index (χ3n) is 3.43. The second kappa shape index (κ2) is 5.00. The number of rotatable bonds is 1. The summed E-state index contributed by atoms with van der Waals surface area (Å²) in [5.74, 6) is -2.97. The van der Waals surface area contributed by atoms with Gasteiger partial charge in [-0.3, -0.25) is 4.79 Å². The van der Waals surface area contributed by atoms with E-state index in [2.05, 4.69) is 4.98 Å². The number of carbonyl (C=O) groups excluding carboxylic acids is 1. The van der Waals surface area contributed by atoms with Crippen LogP contribution in [0, 0.1) is 11.8 Å². The number of aryl methyl sites for hydroxylation is 1. The maximum absolute atomic E-state index is 13.7. The van der Waals surface area contributed by atoms with E-state index in [9.17, 15) is 13.6 Å². The number of anilines is 1. The van der Waals surface area contributed by atoms with Gasteiger partial charge in [-0.2, -0.15) is 4.39 Å². The van der Waals surface area contributed by atoms with Crippen molar-refractivity contribution < 1.29 is 13.6 Å². The molecule has 1 aromatic heterocycles. The van der Waals surface area contributed by atoms with E-state index in [4.69, 9.17) is 0 Å². The lowest BCUT2D eigenvalue weighted by atomic mass is 10.0. The standard InChI is InChI=1S/C15H12F2N2O/c16-13-11(7-8-18-14(13)17)15(20)19-9-3-5-10-4-1-2-6-12(10)19/h1-2,4,6-8H,3,5,9H2. The molecule has 2 aromatic rings. The Labute approximate surface area is 114 Å².